The highest BCUT2D eigenvalue weighted by Gasteiger charge is 2.26. The fourth-order valence-corrected chi connectivity index (χ4v) is 3.79. The van der Waals surface area contributed by atoms with Crippen LogP contribution in [0, 0.1) is 5.92 Å². The second-order valence-corrected chi connectivity index (χ2v) is 7.18. The number of thiazole rings is 1. The van der Waals surface area contributed by atoms with E-state index < -0.39 is 6.04 Å². The fourth-order valence-electron chi connectivity index (χ4n) is 2.94. The molecule has 3 rings (SSSR count). The van der Waals surface area contributed by atoms with Gasteiger partial charge in [0, 0.05) is 49.5 Å². The second-order valence-electron chi connectivity index (χ2n) is 6.23. The van der Waals surface area contributed by atoms with E-state index in [2.05, 4.69) is 20.7 Å². The minimum atomic E-state index is -0.429. The summed E-state index contributed by atoms with van der Waals surface area (Å²) < 4.78 is 5.31. The normalized spacial score (nSPS) is 15.3. The van der Waals surface area contributed by atoms with Gasteiger partial charge in [0.1, 0.15) is 0 Å². The molecule has 2 aromatic rings. The number of amides is 1. The predicted molar refractivity (Wildman–Crippen MR) is 113 cm³/mol. The summed E-state index contributed by atoms with van der Waals surface area (Å²) in [6, 6.07) is 3.48. The molecule has 2 aromatic heterocycles. The van der Waals surface area contributed by atoms with Gasteiger partial charge in [-0.05, 0) is 37.3 Å². The molecule has 1 fully saturated rings. The number of carbonyl (C=O) groups is 1. The van der Waals surface area contributed by atoms with Gasteiger partial charge in [-0.3, -0.25) is 9.78 Å². The minimum Gasteiger partial charge on any atom is -0.381 e. The molecule has 1 unspecified atom stereocenters. The van der Waals surface area contributed by atoms with Crippen LogP contribution in [-0.4, -0.2) is 41.7 Å². The zero-order valence-electron chi connectivity index (χ0n) is 15.0. The summed E-state index contributed by atoms with van der Waals surface area (Å²) in [6.45, 7) is 2.03. The first-order chi connectivity index (χ1) is 12.2. The van der Waals surface area contributed by atoms with Gasteiger partial charge in [0.15, 0.2) is 0 Å². The Hall–Kier alpha value is -1.25. The van der Waals surface area contributed by atoms with Crippen molar-refractivity contribution in [3.63, 3.8) is 0 Å². The average molecular weight is 433 g/mol. The number of hydrogen-bond donors (Lipinski definition) is 2. The Bertz CT molecular complexity index is 681. The van der Waals surface area contributed by atoms with Gasteiger partial charge in [-0.15, -0.1) is 36.2 Å². The second kappa shape index (κ2) is 12.3. The summed E-state index contributed by atoms with van der Waals surface area (Å²) in [5.41, 5.74) is 8.13. The molecule has 0 aliphatic carbocycles. The number of aryl methyl sites for hydroxylation is 1. The molecule has 150 valence electrons. The van der Waals surface area contributed by atoms with Crippen molar-refractivity contribution in [2.75, 3.05) is 19.8 Å². The molecule has 3 heterocycles. The number of rotatable bonds is 7. The van der Waals surface area contributed by atoms with Gasteiger partial charge in [0.05, 0.1) is 16.7 Å². The number of aromatic nitrogens is 2. The largest absolute Gasteiger partial charge is 0.381 e. The number of nitrogens with zero attached hydrogens (tertiary/aromatic N) is 2. The lowest BCUT2D eigenvalue weighted by atomic mass is 9.92. The Balaban J connectivity index is 0.00000182. The molecule has 3 N–H and O–H groups in total. The lowest BCUT2D eigenvalue weighted by molar-refractivity contribution is -0.124. The Kier molecular flexibility index (Phi) is 10.8. The van der Waals surface area contributed by atoms with Crippen molar-refractivity contribution in [3.8, 4) is 11.3 Å². The van der Waals surface area contributed by atoms with E-state index in [4.69, 9.17) is 10.5 Å². The quantitative estimate of drug-likeness (QED) is 0.656. The molecule has 1 amide bonds. The summed E-state index contributed by atoms with van der Waals surface area (Å²) in [5, 5.41) is 6.09. The molecule has 0 aromatic carbocycles. The molecule has 1 atom stereocenters. The smallest absolute Gasteiger partial charge is 0.237 e. The zero-order valence-corrected chi connectivity index (χ0v) is 17.5. The lowest BCUT2D eigenvalue weighted by Gasteiger charge is -2.26. The number of nitrogens with two attached hydrogens (primary N) is 1. The first kappa shape index (κ1) is 23.8. The van der Waals surface area contributed by atoms with E-state index in [9.17, 15) is 4.79 Å². The first-order valence-corrected chi connectivity index (χ1v) is 9.58. The molecule has 1 aliphatic rings. The Labute approximate surface area is 176 Å². The van der Waals surface area contributed by atoms with Crippen molar-refractivity contribution in [2.45, 2.75) is 31.7 Å². The predicted octanol–water partition coefficient (Wildman–Crippen LogP) is 2.85. The van der Waals surface area contributed by atoms with Gasteiger partial charge in [-0.2, -0.15) is 0 Å². The topological polar surface area (TPSA) is 90.1 Å². The van der Waals surface area contributed by atoms with Crippen LogP contribution in [0.25, 0.3) is 11.3 Å². The molecular formula is C18H26Cl2N4O2S. The molecule has 0 spiro atoms. The highest BCUT2D eigenvalue weighted by Crippen LogP contribution is 2.22. The number of hydrogen-bond acceptors (Lipinski definition) is 6. The summed E-state index contributed by atoms with van der Waals surface area (Å²) in [6.07, 6.45) is 6.98. The molecule has 1 aliphatic heterocycles. The van der Waals surface area contributed by atoms with Crippen molar-refractivity contribution >= 4 is 42.1 Å². The molecule has 0 bridgehead atoms. The molecule has 0 radical (unpaired) electrons. The lowest BCUT2D eigenvalue weighted by Crippen LogP contribution is -2.47. The number of nitrogens with one attached hydrogen (secondary N) is 1. The summed E-state index contributed by atoms with van der Waals surface area (Å²) in [7, 11) is 0. The highest BCUT2D eigenvalue weighted by molar-refractivity contribution is 7.09. The summed E-state index contributed by atoms with van der Waals surface area (Å²) in [5.74, 6) is 0.180. The first-order valence-electron chi connectivity index (χ1n) is 8.70. The third kappa shape index (κ3) is 7.01. The van der Waals surface area contributed by atoms with Crippen LogP contribution < -0.4 is 11.1 Å². The highest BCUT2D eigenvalue weighted by atomic mass is 35.5. The molecule has 9 heteroatoms. The monoisotopic (exact) mass is 432 g/mol. The maximum atomic E-state index is 12.1. The van der Waals surface area contributed by atoms with Crippen molar-refractivity contribution in [3.05, 3.63) is 34.9 Å². The van der Waals surface area contributed by atoms with E-state index in [1.54, 1.807) is 23.7 Å². The van der Waals surface area contributed by atoms with E-state index in [1.165, 1.54) is 0 Å². The third-order valence-corrected chi connectivity index (χ3v) is 5.38. The van der Waals surface area contributed by atoms with Crippen LogP contribution in [0.3, 0.4) is 0 Å². The standard InChI is InChI=1S/C18H24N4O2S.2ClH/c19-17(14-5-10-24-11-6-14)18(23)21-7-1-2-16-22-15(12-25-16)13-3-8-20-9-4-13;;/h3-4,8-9,12,14,17H,1-2,5-7,10-11,19H2,(H,21,23);2*1H. The van der Waals surface area contributed by atoms with Gasteiger partial charge < -0.3 is 15.8 Å². The van der Waals surface area contributed by atoms with Crippen molar-refractivity contribution < 1.29 is 9.53 Å². The third-order valence-electron chi connectivity index (χ3n) is 4.47. The van der Waals surface area contributed by atoms with Crippen LogP contribution in [-0.2, 0) is 16.0 Å². The fraction of sp³-hybridized carbons (Fsp3) is 0.500. The zero-order chi connectivity index (χ0) is 17.5. The van der Waals surface area contributed by atoms with Gasteiger partial charge in [0.2, 0.25) is 5.91 Å². The molecule has 1 saturated heterocycles. The van der Waals surface area contributed by atoms with Crippen LogP contribution in [0.2, 0.25) is 0 Å². The van der Waals surface area contributed by atoms with Gasteiger partial charge in [-0.1, -0.05) is 0 Å². The summed E-state index contributed by atoms with van der Waals surface area (Å²) >= 11 is 1.65. The minimum absolute atomic E-state index is 0. The van der Waals surface area contributed by atoms with Crippen molar-refractivity contribution in [1.29, 1.82) is 0 Å². The van der Waals surface area contributed by atoms with Crippen LogP contribution in [0.5, 0.6) is 0 Å². The van der Waals surface area contributed by atoms with Gasteiger partial charge in [0.25, 0.3) is 0 Å². The average Bonchev–Trinajstić information content (AvgIpc) is 3.15. The van der Waals surface area contributed by atoms with Gasteiger partial charge >= 0.3 is 0 Å². The summed E-state index contributed by atoms with van der Waals surface area (Å²) in [4.78, 5) is 20.8. The Morgan fingerprint density at radius 1 is 1.30 bits per heavy atom. The Morgan fingerprint density at radius 2 is 2.00 bits per heavy atom. The molecule has 6 nitrogen and oxygen atoms in total. The maximum absolute atomic E-state index is 12.1. The number of pyridine rings is 1. The van der Waals surface area contributed by atoms with Crippen molar-refractivity contribution in [2.24, 2.45) is 11.7 Å². The SMILES string of the molecule is Cl.Cl.NC(C(=O)NCCCc1nc(-c2ccncc2)cs1)C1CCOCC1. The van der Waals surface area contributed by atoms with Crippen LogP contribution in [0.15, 0.2) is 29.9 Å². The van der Waals surface area contributed by atoms with E-state index >= 15 is 0 Å². The van der Waals surface area contributed by atoms with E-state index in [0.717, 1.165) is 41.9 Å². The van der Waals surface area contributed by atoms with E-state index in [-0.39, 0.29) is 36.6 Å². The number of carbonyl (C=O) groups excluding carboxylic acids is 1. The van der Waals surface area contributed by atoms with E-state index in [0.29, 0.717) is 19.8 Å². The Morgan fingerprint density at radius 3 is 2.70 bits per heavy atom. The molecule has 0 saturated carbocycles. The maximum Gasteiger partial charge on any atom is 0.237 e. The number of ether oxygens (including phenoxy) is 1. The molecule has 27 heavy (non-hydrogen) atoms. The van der Waals surface area contributed by atoms with Crippen LogP contribution in [0.1, 0.15) is 24.3 Å². The van der Waals surface area contributed by atoms with Gasteiger partial charge in [-0.25, -0.2) is 4.98 Å². The number of halogens is 2. The van der Waals surface area contributed by atoms with Crippen LogP contribution >= 0.6 is 36.2 Å². The van der Waals surface area contributed by atoms with Crippen molar-refractivity contribution in [1.82, 2.24) is 15.3 Å². The van der Waals surface area contributed by atoms with E-state index in [1.807, 2.05) is 12.1 Å². The molecular weight excluding hydrogens is 407 g/mol. The van der Waals surface area contributed by atoms with Crippen LogP contribution in [0.4, 0.5) is 0 Å².